The Morgan fingerprint density at radius 1 is 0.939 bits per heavy atom. The van der Waals surface area contributed by atoms with Crippen molar-refractivity contribution in [3.63, 3.8) is 0 Å². The van der Waals surface area contributed by atoms with Crippen LogP contribution >= 0.6 is 0 Å². The van der Waals surface area contributed by atoms with E-state index in [-0.39, 0.29) is 44.3 Å². The zero-order valence-electron chi connectivity index (χ0n) is 19.9. The van der Waals surface area contributed by atoms with Gasteiger partial charge in [0.2, 0.25) is 0 Å². The molecule has 0 aromatic rings. The van der Waals surface area contributed by atoms with E-state index in [9.17, 15) is 30.0 Å². The molecule has 0 aliphatic rings. The van der Waals surface area contributed by atoms with Crippen LogP contribution in [0.1, 0.15) is 53.4 Å². The molecule has 0 rings (SSSR count). The van der Waals surface area contributed by atoms with Crippen molar-refractivity contribution >= 4 is 12.1 Å². The minimum absolute atomic E-state index is 0.0691. The van der Waals surface area contributed by atoms with Crippen LogP contribution in [-0.4, -0.2) is 101 Å². The summed E-state index contributed by atoms with van der Waals surface area (Å²) in [6.07, 6.45) is -4.06. The van der Waals surface area contributed by atoms with Crippen LogP contribution in [-0.2, 0) is 23.7 Å². The molecule has 0 heterocycles. The molecule has 0 aliphatic heterocycles. The SMILES string of the molecule is CC(CCC(CO)OC(O)COC(=O)NCCC(=O)O)OCC(O)OC(CO)CC(C)(C)C. The molecule has 0 spiro atoms. The molecule has 6 N–H and O–H groups in total. The topological polar surface area (TPSA) is 184 Å². The zero-order chi connectivity index (χ0) is 25.4. The lowest BCUT2D eigenvalue weighted by atomic mass is 9.89. The van der Waals surface area contributed by atoms with Gasteiger partial charge >= 0.3 is 12.1 Å². The number of aliphatic carboxylic acids is 1. The summed E-state index contributed by atoms with van der Waals surface area (Å²) in [6.45, 7) is 6.48. The van der Waals surface area contributed by atoms with E-state index < -0.39 is 43.5 Å². The van der Waals surface area contributed by atoms with Gasteiger partial charge in [-0.05, 0) is 31.6 Å². The van der Waals surface area contributed by atoms with Gasteiger partial charge in [0.1, 0.15) is 6.61 Å². The molecule has 1 amide bonds. The van der Waals surface area contributed by atoms with Crippen molar-refractivity contribution in [3.8, 4) is 0 Å². The molecule has 0 radical (unpaired) electrons. The third-order valence-electron chi connectivity index (χ3n) is 4.33. The molecule has 0 aliphatic carbocycles. The van der Waals surface area contributed by atoms with Crippen LogP contribution in [0.25, 0.3) is 0 Å². The molecular weight excluding hydrogens is 442 g/mol. The fraction of sp³-hybridized carbons (Fsp3) is 0.905. The van der Waals surface area contributed by atoms with Gasteiger partial charge in [-0.1, -0.05) is 20.8 Å². The fourth-order valence-electron chi connectivity index (χ4n) is 2.78. The molecule has 196 valence electrons. The number of hydrogen-bond acceptors (Lipinski definition) is 10. The number of aliphatic hydroxyl groups is 4. The number of alkyl carbamates (subject to hydrolysis) is 1. The van der Waals surface area contributed by atoms with Crippen LogP contribution in [0.5, 0.6) is 0 Å². The van der Waals surface area contributed by atoms with E-state index in [0.717, 1.165) is 0 Å². The third-order valence-corrected chi connectivity index (χ3v) is 4.33. The summed E-state index contributed by atoms with van der Waals surface area (Å²) in [6, 6.07) is 0. The number of carboxylic acid groups (broad SMARTS) is 1. The number of rotatable bonds is 18. The van der Waals surface area contributed by atoms with Crippen LogP contribution in [0.15, 0.2) is 0 Å². The van der Waals surface area contributed by atoms with E-state index in [0.29, 0.717) is 19.3 Å². The Morgan fingerprint density at radius 2 is 1.52 bits per heavy atom. The van der Waals surface area contributed by atoms with Gasteiger partial charge in [0.15, 0.2) is 12.6 Å². The van der Waals surface area contributed by atoms with E-state index in [1.165, 1.54) is 0 Å². The highest BCUT2D eigenvalue weighted by Crippen LogP contribution is 2.22. The smallest absolute Gasteiger partial charge is 0.407 e. The van der Waals surface area contributed by atoms with Crippen LogP contribution in [0, 0.1) is 5.41 Å². The van der Waals surface area contributed by atoms with E-state index >= 15 is 0 Å². The lowest BCUT2D eigenvalue weighted by Gasteiger charge is -2.27. The van der Waals surface area contributed by atoms with E-state index in [4.69, 9.17) is 24.1 Å². The van der Waals surface area contributed by atoms with Gasteiger partial charge in [-0.25, -0.2) is 4.79 Å². The van der Waals surface area contributed by atoms with Gasteiger partial charge in [-0.2, -0.15) is 0 Å². The maximum Gasteiger partial charge on any atom is 0.407 e. The molecule has 0 aromatic carbocycles. The van der Waals surface area contributed by atoms with Crippen molar-refractivity contribution in [2.24, 2.45) is 5.41 Å². The highest BCUT2D eigenvalue weighted by atomic mass is 16.7. The predicted molar refractivity (Wildman–Crippen MR) is 116 cm³/mol. The van der Waals surface area contributed by atoms with Crippen molar-refractivity contribution in [1.29, 1.82) is 0 Å². The Kier molecular flexibility index (Phi) is 16.2. The van der Waals surface area contributed by atoms with Crippen LogP contribution < -0.4 is 5.32 Å². The number of ether oxygens (including phenoxy) is 4. The predicted octanol–water partition coefficient (Wildman–Crippen LogP) is 0.201. The number of carboxylic acids is 1. The Bertz CT molecular complexity index is 541. The summed E-state index contributed by atoms with van der Waals surface area (Å²) in [7, 11) is 0. The largest absolute Gasteiger partial charge is 0.481 e. The molecule has 12 heteroatoms. The number of hydrogen-bond donors (Lipinski definition) is 6. The highest BCUT2D eigenvalue weighted by Gasteiger charge is 2.22. The van der Waals surface area contributed by atoms with Crippen molar-refractivity contribution in [2.75, 3.05) is 33.0 Å². The molecule has 5 atom stereocenters. The average Bonchev–Trinajstić information content (AvgIpc) is 2.71. The first-order valence-corrected chi connectivity index (χ1v) is 11.0. The van der Waals surface area contributed by atoms with E-state index in [1.807, 2.05) is 20.8 Å². The van der Waals surface area contributed by atoms with Crippen LogP contribution in [0.3, 0.4) is 0 Å². The van der Waals surface area contributed by atoms with Gasteiger partial charge < -0.3 is 49.8 Å². The second-order valence-electron chi connectivity index (χ2n) is 8.95. The third kappa shape index (κ3) is 18.6. The molecule has 33 heavy (non-hydrogen) atoms. The summed E-state index contributed by atoms with van der Waals surface area (Å²) in [4.78, 5) is 21.7. The number of nitrogens with one attached hydrogen (secondary N) is 1. The molecule has 0 bridgehead atoms. The second-order valence-corrected chi connectivity index (χ2v) is 8.95. The van der Waals surface area contributed by atoms with Gasteiger partial charge in [0.25, 0.3) is 0 Å². The molecule has 0 saturated heterocycles. The second kappa shape index (κ2) is 17.0. The molecule has 0 saturated carbocycles. The average molecular weight is 484 g/mol. The maximum absolute atomic E-state index is 11.4. The minimum Gasteiger partial charge on any atom is -0.481 e. The van der Waals surface area contributed by atoms with Gasteiger partial charge in [-0.15, -0.1) is 0 Å². The summed E-state index contributed by atoms with van der Waals surface area (Å²) >= 11 is 0. The Labute approximate surface area is 194 Å². The van der Waals surface area contributed by atoms with Crippen LogP contribution in [0.2, 0.25) is 0 Å². The Balaban J connectivity index is 4.16. The van der Waals surface area contributed by atoms with Crippen molar-refractivity contribution in [2.45, 2.75) is 84.3 Å². The number of amides is 1. The van der Waals surface area contributed by atoms with Crippen LogP contribution in [0.4, 0.5) is 4.79 Å². The monoisotopic (exact) mass is 483 g/mol. The minimum atomic E-state index is -1.47. The number of aliphatic hydroxyl groups excluding tert-OH is 4. The summed E-state index contributed by atoms with van der Waals surface area (Å²) in [5.41, 5.74) is -0.0691. The molecular formula is C21H41NO11. The van der Waals surface area contributed by atoms with Gasteiger partial charge in [0.05, 0.1) is 44.6 Å². The Morgan fingerprint density at radius 3 is 2.06 bits per heavy atom. The van der Waals surface area contributed by atoms with E-state index in [2.05, 4.69) is 5.32 Å². The Hall–Kier alpha value is -1.54. The first-order chi connectivity index (χ1) is 15.4. The summed E-state index contributed by atoms with van der Waals surface area (Å²) < 4.78 is 20.9. The first-order valence-electron chi connectivity index (χ1n) is 11.0. The lowest BCUT2D eigenvalue weighted by molar-refractivity contribution is -0.188. The number of carbonyl (C=O) groups is 2. The molecule has 0 fully saturated rings. The van der Waals surface area contributed by atoms with Crippen molar-refractivity contribution in [1.82, 2.24) is 5.32 Å². The molecule has 5 unspecified atom stereocenters. The van der Waals surface area contributed by atoms with E-state index in [1.54, 1.807) is 6.92 Å². The standard InChI is InChI=1S/C21H41NO11/c1-14(30-12-18(27)33-16(11-24)9-21(2,3)4)5-6-15(10-23)32-19(28)13-31-20(29)22-8-7-17(25)26/h14-16,18-19,23-24,27-28H,5-13H2,1-4H3,(H,22,29)(H,25,26). The summed E-state index contributed by atoms with van der Waals surface area (Å²) in [5.74, 6) is -1.07. The van der Waals surface area contributed by atoms with Gasteiger partial charge in [-0.3, -0.25) is 4.79 Å². The molecule has 0 aromatic heterocycles. The highest BCUT2D eigenvalue weighted by molar-refractivity contribution is 5.70. The maximum atomic E-state index is 11.4. The first kappa shape index (κ1) is 31.5. The quantitative estimate of drug-likeness (QED) is 0.146. The zero-order valence-corrected chi connectivity index (χ0v) is 19.9. The van der Waals surface area contributed by atoms with Gasteiger partial charge in [0, 0.05) is 6.54 Å². The normalized spacial score (nSPS) is 16.5. The lowest BCUT2D eigenvalue weighted by Crippen LogP contribution is -2.34. The summed E-state index contributed by atoms with van der Waals surface area (Å²) in [5, 5.41) is 49.3. The van der Waals surface area contributed by atoms with Crippen molar-refractivity contribution < 1.29 is 54.1 Å². The fourth-order valence-corrected chi connectivity index (χ4v) is 2.78. The number of carbonyl (C=O) groups excluding carboxylic acids is 1. The molecule has 12 nitrogen and oxygen atoms in total. The van der Waals surface area contributed by atoms with Crippen molar-refractivity contribution in [3.05, 3.63) is 0 Å².